The van der Waals surface area contributed by atoms with E-state index in [1.54, 1.807) is 24.3 Å². The van der Waals surface area contributed by atoms with Gasteiger partial charge in [0, 0.05) is 17.3 Å². The molecule has 0 saturated heterocycles. The zero-order valence-electron chi connectivity index (χ0n) is 22.8. The molecule has 0 unspecified atom stereocenters. The van der Waals surface area contributed by atoms with Crippen molar-refractivity contribution in [3.8, 4) is 5.75 Å². The van der Waals surface area contributed by atoms with E-state index in [-0.39, 0.29) is 18.0 Å². The quantitative estimate of drug-likeness (QED) is 0.163. The maximum absolute atomic E-state index is 13.3. The molecule has 0 aliphatic heterocycles. The second kappa shape index (κ2) is 15.1. The van der Waals surface area contributed by atoms with Crippen molar-refractivity contribution in [2.75, 3.05) is 25.0 Å². The number of anilines is 1. The van der Waals surface area contributed by atoms with Crippen LogP contribution in [-0.2, 0) is 26.0 Å². The van der Waals surface area contributed by atoms with Gasteiger partial charge in [-0.1, -0.05) is 41.9 Å². The summed E-state index contributed by atoms with van der Waals surface area (Å²) in [4.78, 5) is 24.8. The van der Waals surface area contributed by atoms with Gasteiger partial charge in [-0.15, -0.1) is 0 Å². The van der Waals surface area contributed by atoms with Crippen LogP contribution in [0.2, 0.25) is 5.02 Å². The molecule has 0 bridgehead atoms. The van der Waals surface area contributed by atoms with Gasteiger partial charge in [-0.3, -0.25) is 9.59 Å². The highest BCUT2D eigenvalue weighted by molar-refractivity contribution is 7.89. The number of hydrazone groups is 1. The van der Waals surface area contributed by atoms with Crippen LogP contribution in [0.3, 0.4) is 0 Å². The summed E-state index contributed by atoms with van der Waals surface area (Å²) in [6, 6.07) is 27.1. The lowest BCUT2D eigenvalue weighted by Crippen LogP contribution is -2.40. The first-order chi connectivity index (χ1) is 20.7. The van der Waals surface area contributed by atoms with Gasteiger partial charge >= 0.3 is 0 Å². The van der Waals surface area contributed by atoms with E-state index in [0.717, 1.165) is 9.87 Å². The minimum atomic E-state index is -3.99. The molecule has 0 atom stereocenters. The Morgan fingerprint density at radius 3 is 2.23 bits per heavy atom. The van der Waals surface area contributed by atoms with Crippen LogP contribution in [0.25, 0.3) is 0 Å². The maximum Gasteiger partial charge on any atom is 0.262 e. The lowest BCUT2D eigenvalue weighted by molar-refractivity contribution is -0.121. The van der Waals surface area contributed by atoms with E-state index in [0.29, 0.717) is 28.4 Å². The number of carbonyl (C=O) groups is 2. The number of carbonyl (C=O) groups excluding carboxylic acids is 2. The summed E-state index contributed by atoms with van der Waals surface area (Å²) in [7, 11) is -3.99. The van der Waals surface area contributed by atoms with Crippen molar-refractivity contribution in [3.63, 3.8) is 0 Å². The standard InChI is InChI=1S/C31H28ClFN4O5S/c32-25-8-16-29(17-9-25)43(40,41)37(19-18-23-4-2-1-3-5-23)21-30(38)36-34-20-24-6-14-28(15-7-24)42-22-31(39)35-27-12-10-26(33)11-13-27/h1-17,20H,18-19,21-22H2,(H,35,39)(H,36,38)/b34-20+. The van der Waals surface area contributed by atoms with Crippen LogP contribution >= 0.6 is 11.6 Å². The Labute approximate surface area is 254 Å². The molecular formula is C31H28ClFN4O5S. The first-order valence-corrected chi connectivity index (χ1v) is 14.9. The summed E-state index contributed by atoms with van der Waals surface area (Å²) in [5, 5.41) is 6.94. The van der Waals surface area contributed by atoms with E-state index >= 15 is 0 Å². The molecule has 0 saturated carbocycles. The number of benzene rings is 4. The van der Waals surface area contributed by atoms with Crippen LogP contribution in [0.15, 0.2) is 113 Å². The van der Waals surface area contributed by atoms with Gasteiger partial charge in [-0.2, -0.15) is 9.41 Å². The number of nitrogens with zero attached hydrogens (tertiary/aromatic N) is 2. The van der Waals surface area contributed by atoms with Gasteiger partial charge in [0.15, 0.2) is 6.61 Å². The molecule has 12 heteroatoms. The number of halogens is 2. The van der Waals surface area contributed by atoms with Crippen molar-refractivity contribution in [1.82, 2.24) is 9.73 Å². The Morgan fingerprint density at radius 1 is 0.884 bits per heavy atom. The third-order valence-electron chi connectivity index (χ3n) is 6.04. The number of nitrogens with one attached hydrogen (secondary N) is 2. The van der Waals surface area contributed by atoms with Crippen LogP contribution in [0.4, 0.5) is 10.1 Å². The highest BCUT2D eigenvalue weighted by Gasteiger charge is 2.26. The highest BCUT2D eigenvalue weighted by atomic mass is 35.5. The fourth-order valence-electron chi connectivity index (χ4n) is 3.84. The number of amides is 2. The monoisotopic (exact) mass is 622 g/mol. The number of hydrogen-bond acceptors (Lipinski definition) is 6. The van der Waals surface area contributed by atoms with Crippen LogP contribution in [0.5, 0.6) is 5.75 Å². The predicted molar refractivity (Wildman–Crippen MR) is 163 cm³/mol. The molecular weight excluding hydrogens is 595 g/mol. The molecule has 0 fully saturated rings. The minimum Gasteiger partial charge on any atom is -0.484 e. The largest absolute Gasteiger partial charge is 0.484 e. The zero-order valence-corrected chi connectivity index (χ0v) is 24.4. The molecule has 0 aliphatic rings. The summed E-state index contributed by atoms with van der Waals surface area (Å²) in [6.07, 6.45) is 1.80. The Hall–Kier alpha value is -4.58. The minimum absolute atomic E-state index is 0.0245. The fraction of sp³-hybridized carbons (Fsp3) is 0.129. The zero-order chi connectivity index (χ0) is 30.7. The molecule has 0 aromatic heterocycles. The lowest BCUT2D eigenvalue weighted by Gasteiger charge is -2.21. The van der Waals surface area contributed by atoms with E-state index in [4.69, 9.17) is 16.3 Å². The molecule has 2 N–H and O–H groups in total. The van der Waals surface area contributed by atoms with Crippen molar-refractivity contribution in [1.29, 1.82) is 0 Å². The molecule has 43 heavy (non-hydrogen) atoms. The van der Waals surface area contributed by atoms with E-state index in [2.05, 4.69) is 15.8 Å². The van der Waals surface area contributed by atoms with Gasteiger partial charge in [-0.25, -0.2) is 18.2 Å². The fourth-order valence-corrected chi connectivity index (χ4v) is 5.36. The molecule has 0 spiro atoms. The third-order valence-corrected chi connectivity index (χ3v) is 8.16. The molecule has 0 aliphatic carbocycles. The van der Waals surface area contributed by atoms with Gasteiger partial charge in [-0.05, 0) is 90.3 Å². The smallest absolute Gasteiger partial charge is 0.262 e. The summed E-state index contributed by atoms with van der Waals surface area (Å²) in [5.41, 5.74) is 4.37. The van der Waals surface area contributed by atoms with E-state index in [9.17, 15) is 22.4 Å². The van der Waals surface area contributed by atoms with Gasteiger partial charge < -0.3 is 10.1 Å². The summed E-state index contributed by atoms with van der Waals surface area (Å²) in [5.74, 6) is -0.998. The molecule has 0 heterocycles. The lowest BCUT2D eigenvalue weighted by atomic mass is 10.1. The first kappa shape index (κ1) is 31.4. The number of rotatable bonds is 13. The number of sulfonamides is 1. The molecule has 9 nitrogen and oxygen atoms in total. The molecule has 4 aromatic rings. The average Bonchev–Trinajstić information content (AvgIpc) is 3.00. The number of hydrogen-bond donors (Lipinski definition) is 2. The van der Waals surface area contributed by atoms with Crippen molar-refractivity contribution >= 4 is 45.3 Å². The maximum atomic E-state index is 13.3. The van der Waals surface area contributed by atoms with Gasteiger partial charge in [0.05, 0.1) is 17.7 Å². The van der Waals surface area contributed by atoms with E-state index in [1.165, 1.54) is 54.7 Å². The van der Waals surface area contributed by atoms with Crippen molar-refractivity contribution in [3.05, 3.63) is 125 Å². The van der Waals surface area contributed by atoms with Crippen LogP contribution in [-0.4, -0.2) is 50.4 Å². The Bertz CT molecular complexity index is 1650. The third kappa shape index (κ3) is 9.74. The summed E-state index contributed by atoms with van der Waals surface area (Å²) >= 11 is 5.92. The normalized spacial score (nSPS) is 11.4. The van der Waals surface area contributed by atoms with Gasteiger partial charge in [0.25, 0.3) is 11.8 Å². The molecule has 4 aromatic carbocycles. The Morgan fingerprint density at radius 2 is 1.56 bits per heavy atom. The second-order valence-corrected chi connectivity index (χ2v) is 11.6. The molecule has 0 radical (unpaired) electrons. The SMILES string of the molecule is O=C(CN(CCc1ccccc1)S(=O)(=O)c1ccc(Cl)cc1)N/N=C/c1ccc(OCC(=O)Nc2ccc(F)cc2)cc1. The topological polar surface area (TPSA) is 117 Å². The first-order valence-electron chi connectivity index (χ1n) is 13.1. The van der Waals surface area contributed by atoms with Crippen molar-refractivity contribution < 1.29 is 27.1 Å². The Kier molecular flexibility index (Phi) is 11.0. The number of ether oxygens (including phenoxy) is 1. The molecule has 222 valence electrons. The van der Waals surface area contributed by atoms with Crippen LogP contribution in [0.1, 0.15) is 11.1 Å². The van der Waals surface area contributed by atoms with Crippen LogP contribution in [0, 0.1) is 5.82 Å². The van der Waals surface area contributed by atoms with Crippen molar-refractivity contribution in [2.45, 2.75) is 11.3 Å². The summed E-state index contributed by atoms with van der Waals surface area (Å²) in [6.45, 7) is -0.613. The molecule has 4 rings (SSSR count). The molecule has 2 amide bonds. The van der Waals surface area contributed by atoms with Gasteiger partial charge in [0.2, 0.25) is 10.0 Å². The Balaban J connectivity index is 1.31. The second-order valence-electron chi connectivity index (χ2n) is 9.23. The van der Waals surface area contributed by atoms with E-state index < -0.39 is 34.2 Å². The van der Waals surface area contributed by atoms with Gasteiger partial charge in [0.1, 0.15) is 11.6 Å². The average molecular weight is 623 g/mol. The van der Waals surface area contributed by atoms with E-state index in [1.807, 2.05) is 30.3 Å². The van der Waals surface area contributed by atoms with Crippen LogP contribution < -0.4 is 15.5 Å². The predicted octanol–water partition coefficient (Wildman–Crippen LogP) is 4.88. The highest BCUT2D eigenvalue weighted by Crippen LogP contribution is 2.19. The van der Waals surface area contributed by atoms with Crippen molar-refractivity contribution in [2.24, 2.45) is 5.10 Å². The summed E-state index contributed by atoms with van der Waals surface area (Å²) < 4.78 is 46.2.